The van der Waals surface area contributed by atoms with E-state index in [2.05, 4.69) is 54.1 Å². The van der Waals surface area contributed by atoms with Gasteiger partial charge in [-0.15, -0.1) is 0 Å². The second-order valence-corrected chi connectivity index (χ2v) is 6.06. The van der Waals surface area contributed by atoms with E-state index in [9.17, 15) is 4.39 Å². The predicted octanol–water partition coefficient (Wildman–Crippen LogP) is 3.26. The van der Waals surface area contributed by atoms with Gasteiger partial charge in [-0.2, -0.15) is 0 Å². The summed E-state index contributed by atoms with van der Waals surface area (Å²) in [6.07, 6.45) is 0. The SMILES string of the molecule is CC(C)C(CNCc1cc(Br)ccc1F)N(C)C. The summed E-state index contributed by atoms with van der Waals surface area (Å²) in [7, 11) is 4.15. The van der Waals surface area contributed by atoms with Gasteiger partial charge in [0.2, 0.25) is 0 Å². The Bertz CT molecular complexity index is 372. The number of halogens is 2. The molecule has 0 radical (unpaired) electrons. The van der Waals surface area contributed by atoms with Gasteiger partial charge in [0.05, 0.1) is 0 Å². The number of hydrogen-bond acceptors (Lipinski definition) is 2. The maximum Gasteiger partial charge on any atom is 0.127 e. The van der Waals surface area contributed by atoms with Gasteiger partial charge in [-0.1, -0.05) is 29.8 Å². The molecular formula is C14H22BrFN2. The molecule has 0 fully saturated rings. The van der Waals surface area contributed by atoms with Crippen molar-refractivity contribution in [3.63, 3.8) is 0 Å². The summed E-state index contributed by atoms with van der Waals surface area (Å²) < 4.78 is 14.5. The molecule has 0 aromatic heterocycles. The van der Waals surface area contributed by atoms with Gasteiger partial charge in [-0.25, -0.2) is 4.39 Å². The van der Waals surface area contributed by atoms with Crippen LogP contribution in [0.1, 0.15) is 19.4 Å². The number of nitrogens with one attached hydrogen (secondary N) is 1. The van der Waals surface area contributed by atoms with Crippen molar-refractivity contribution in [1.29, 1.82) is 0 Å². The topological polar surface area (TPSA) is 15.3 Å². The van der Waals surface area contributed by atoms with Crippen LogP contribution in [0.4, 0.5) is 4.39 Å². The van der Waals surface area contributed by atoms with Gasteiger partial charge in [0.1, 0.15) is 5.82 Å². The molecule has 2 nitrogen and oxygen atoms in total. The summed E-state index contributed by atoms with van der Waals surface area (Å²) in [6.45, 7) is 5.82. The van der Waals surface area contributed by atoms with Crippen LogP contribution in [0.5, 0.6) is 0 Å². The third-order valence-electron chi connectivity index (χ3n) is 3.11. The predicted molar refractivity (Wildman–Crippen MR) is 78.1 cm³/mol. The van der Waals surface area contributed by atoms with Crippen molar-refractivity contribution in [2.75, 3.05) is 20.6 Å². The first-order valence-corrected chi connectivity index (χ1v) is 7.02. The van der Waals surface area contributed by atoms with Crippen LogP contribution in [0, 0.1) is 11.7 Å². The molecule has 0 aliphatic heterocycles. The van der Waals surface area contributed by atoms with Crippen molar-refractivity contribution in [1.82, 2.24) is 10.2 Å². The highest BCUT2D eigenvalue weighted by atomic mass is 79.9. The van der Waals surface area contributed by atoms with Crippen molar-refractivity contribution in [3.05, 3.63) is 34.1 Å². The summed E-state index contributed by atoms with van der Waals surface area (Å²) in [6, 6.07) is 5.49. The van der Waals surface area contributed by atoms with Crippen molar-refractivity contribution < 1.29 is 4.39 Å². The highest BCUT2D eigenvalue weighted by Gasteiger charge is 2.15. The van der Waals surface area contributed by atoms with E-state index >= 15 is 0 Å². The molecule has 102 valence electrons. The molecule has 0 heterocycles. The van der Waals surface area contributed by atoms with Gasteiger partial charge < -0.3 is 10.2 Å². The van der Waals surface area contributed by atoms with Gasteiger partial charge in [-0.3, -0.25) is 0 Å². The van der Waals surface area contributed by atoms with Crippen LogP contribution in [-0.2, 0) is 6.54 Å². The average molecular weight is 317 g/mol. The molecule has 0 aliphatic carbocycles. The van der Waals surface area contributed by atoms with E-state index in [0.29, 0.717) is 24.1 Å². The van der Waals surface area contributed by atoms with Gasteiger partial charge in [0.25, 0.3) is 0 Å². The first kappa shape index (κ1) is 15.6. The van der Waals surface area contributed by atoms with E-state index < -0.39 is 0 Å². The lowest BCUT2D eigenvalue weighted by atomic mass is 10.0. The van der Waals surface area contributed by atoms with Gasteiger partial charge >= 0.3 is 0 Å². The summed E-state index contributed by atoms with van der Waals surface area (Å²) in [5.41, 5.74) is 0.700. The largest absolute Gasteiger partial charge is 0.311 e. The summed E-state index contributed by atoms with van der Waals surface area (Å²) in [5.74, 6) is 0.413. The van der Waals surface area contributed by atoms with Crippen LogP contribution < -0.4 is 5.32 Å². The molecule has 0 amide bonds. The maximum absolute atomic E-state index is 13.5. The van der Waals surface area contributed by atoms with Crippen LogP contribution in [0.25, 0.3) is 0 Å². The lowest BCUT2D eigenvalue weighted by Crippen LogP contribution is -2.41. The number of rotatable bonds is 6. The molecule has 0 saturated carbocycles. The first-order chi connectivity index (χ1) is 8.41. The molecule has 1 aromatic rings. The second-order valence-electron chi connectivity index (χ2n) is 5.14. The zero-order valence-corrected chi connectivity index (χ0v) is 13.1. The Labute approximate surface area is 118 Å². The van der Waals surface area contributed by atoms with E-state index in [1.807, 2.05) is 6.07 Å². The molecule has 0 bridgehead atoms. The van der Waals surface area contributed by atoms with Crippen LogP contribution in [0.15, 0.2) is 22.7 Å². The molecule has 18 heavy (non-hydrogen) atoms. The van der Waals surface area contributed by atoms with Crippen LogP contribution in [0.3, 0.4) is 0 Å². The van der Waals surface area contributed by atoms with E-state index in [1.165, 1.54) is 6.07 Å². The van der Waals surface area contributed by atoms with Gasteiger partial charge in [-0.05, 0) is 38.2 Å². The second kappa shape index (κ2) is 7.22. The normalized spacial score (nSPS) is 13.3. The highest BCUT2D eigenvalue weighted by Crippen LogP contribution is 2.15. The van der Waals surface area contributed by atoms with Gasteiger partial charge in [0.15, 0.2) is 0 Å². The minimum absolute atomic E-state index is 0.156. The zero-order valence-electron chi connectivity index (χ0n) is 11.5. The molecule has 1 rings (SSSR count). The van der Waals surface area contributed by atoms with Crippen molar-refractivity contribution >= 4 is 15.9 Å². The molecule has 1 aromatic carbocycles. The van der Waals surface area contributed by atoms with Crippen molar-refractivity contribution in [2.45, 2.75) is 26.4 Å². The Kier molecular flexibility index (Phi) is 6.26. The lowest BCUT2D eigenvalue weighted by molar-refractivity contribution is 0.224. The summed E-state index contributed by atoms with van der Waals surface area (Å²) in [4.78, 5) is 2.20. The zero-order chi connectivity index (χ0) is 13.7. The Hall–Kier alpha value is -0.450. The van der Waals surface area contributed by atoms with Crippen molar-refractivity contribution in [2.24, 2.45) is 5.92 Å². The van der Waals surface area contributed by atoms with E-state index in [0.717, 1.165) is 11.0 Å². The third-order valence-corrected chi connectivity index (χ3v) is 3.60. The minimum atomic E-state index is -0.156. The Morgan fingerprint density at radius 2 is 2.00 bits per heavy atom. The fourth-order valence-electron chi connectivity index (χ4n) is 2.05. The number of benzene rings is 1. The lowest BCUT2D eigenvalue weighted by Gasteiger charge is -2.28. The molecule has 1 atom stereocenters. The monoisotopic (exact) mass is 316 g/mol. The standard InChI is InChI=1S/C14H22BrFN2/c1-10(2)14(18(3)4)9-17-8-11-7-12(15)5-6-13(11)16/h5-7,10,14,17H,8-9H2,1-4H3. The van der Waals surface area contributed by atoms with Crippen LogP contribution in [0.2, 0.25) is 0 Å². The average Bonchev–Trinajstić information content (AvgIpc) is 2.27. The quantitative estimate of drug-likeness (QED) is 0.866. The Morgan fingerprint density at radius 3 is 2.56 bits per heavy atom. The maximum atomic E-state index is 13.5. The first-order valence-electron chi connectivity index (χ1n) is 6.23. The van der Waals surface area contributed by atoms with E-state index in [-0.39, 0.29) is 5.82 Å². The van der Waals surface area contributed by atoms with E-state index in [1.54, 1.807) is 6.07 Å². The third kappa shape index (κ3) is 4.67. The van der Waals surface area contributed by atoms with E-state index in [4.69, 9.17) is 0 Å². The molecule has 4 heteroatoms. The molecule has 0 aliphatic rings. The van der Waals surface area contributed by atoms with Crippen LogP contribution in [-0.4, -0.2) is 31.6 Å². The number of nitrogens with zero attached hydrogens (tertiary/aromatic N) is 1. The fraction of sp³-hybridized carbons (Fsp3) is 0.571. The number of likely N-dealkylation sites (N-methyl/N-ethyl adjacent to an activating group) is 1. The molecule has 0 saturated heterocycles. The Balaban J connectivity index is 2.52. The smallest absolute Gasteiger partial charge is 0.127 e. The number of hydrogen-bond donors (Lipinski definition) is 1. The molecule has 0 spiro atoms. The molecule has 1 N–H and O–H groups in total. The molecule has 1 unspecified atom stereocenters. The summed E-state index contributed by atoms with van der Waals surface area (Å²) in [5, 5.41) is 3.33. The summed E-state index contributed by atoms with van der Waals surface area (Å²) >= 11 is 3.36. The van der Waals surface area contributed by atoms with Crippen molar-refractivity contribution in [3.8, 4) is 0 Å². The Morgan fingerprint density at radius 1 is 1.33 bits per heavy atom. The highest BCUT2D eigenvalue weighted by molar-refractivity contribution is 9.10. The molecular weight excluding hydrogens is 295 g/mol. The fourth-order valence-corrected chi connectivity index (χ4v) is 2.46. The van der Waals surface area contributed by atoms with Gasteiger partial charge in [0, 0.05) is 29.2 Å². The van der Waals surface area contributed by atoms with Crippen LogP contribution >= 0.6 is 15.9 Å². The minimum Gasteiger partial charge on any atom is -0.311 e.